The highest BCUT2D eigenvalue weighted by molar-refractivity contribution is 8.00. The number of nitrogens with zero attached hydrogens (tertiary/aromatic N) is 2. The Kier molecular flexibility index (Phi) is 11.2. The van der Waals surface area contributed by atoms with Gasteiger partial charge in [0.2, 0.25) is 5.88 Å². The Bertz CT molecular complexity index is 2060. The van der Waals surface area contributed by atoms with Gasteiger partial charge in [-0.05, 0) is 174 Å². The molecule has 0 radical (unpaired) electrons. The number of rotatable bonds is 11. The van der Waals surface area contributed by atoms with Crippen LogP contribution in [0.1, 0.15) is 129 Å². The molecule has 10 atom stereocenters. The fourth-order valence-corrected chi connectivity index (χ4v) is 16.9. The van der Waals surface area contributed by atoms with E-state index in [4.69, 9.17) is 10.5 Å². The summed E-state index contributed by atoms with van der Waals surface area (Å²) in [5.41, 5.74) is 9.51. The predicted octanol–water partition coefficient (Wildman–Crippen LogP) is 8.31. The number of pyridine rings is 1. The summed E-state index contributed by atoms with van der Waals surface area (Å²) >= 11 is 0. The molecule has 1 aromatic heterocycles. The number of carboxylic acids is 1. The Morgan fingerprint density at radius 3 is 2.40 bits per heavy atom. The van der Waals surface area contributed by atoms with E-state index in [-0.39, 0.29) is 45.2 Å². The van der Waals surface area contributed by atoms with E-state index in [1.165, 1.54) is 74.3 Å². The number of fused-ring (bicyclic) bond motifs is 7. The predicted molar refractivity (Wildman–Crippen MR) is 242 cm³/mol. The zero-order chi connectivity index (χ0) is 43.1. The van der Waals surface area contributed by atoms with Gasteiger partial charge in [-0.25, -0.2) is 4.98 Å². The summed E-state index contributed by atoms with van der Waals surface area (Å²) in [5, 5.41) is 14.8. The molecule has 9 nitrogen and oxygen atoms in total. The lowest BCUT2D eigenvalue weighted by Crippen LogP contribution is -2.68. The molecule has 0 bridgehead atoms. The van der Waals surface area contributed by atoms with Crippen molar-refractivity contribution in [2.75, 3.05) is 44.3 Å². The first-order valence-electron chi connectivity index (χ1n) is 23.2. The minimum atomic E-state index is -1.89. The second-order valence-electron chi connectivity index (χ2n) is 22.1. The second-order valence-corrected chi connectivity index (χ2v) is 24.8. The largest absolute Gasteiger partial charge is 0.481 e. The Hall–Kier alpha value is -2.95. The molecular weight excluding hydrogens is 769 g/mol. The van der Waals surface area contributed by atoms with Crippen LogP contribution in [-0.2, 0) is 14.3 Å². The molecule has 1 aromatic rings. The van der Waals surface area contributed by atoms with Gasteiger partial charge < -0.3 is 25.8 Å². The monoisotopic (exact) mass is 843 g/mol. The molecule has 330 valence electrons. The first-order valence-corrected chi connectivity index (χ1v) is 25.3. The van der Waals surface area contributed by atoms with Crippen molar-refractivity contribution in [3.8, 4) is 5.88 Å². The summed E-state index contributed by atoms with van der Waals surface area (Å²) in [4.78, 5) is 31.5. The maximum atomic E-state index is 12.8. The molecule has 0 spiro atoms. The average molecular weight is 843 g/mol. The standard InChI is InChI=1S/C50H74N4O5S/c1-33(2)35-15-22-50(53-26-27-54-28-30-60(8,58)31-29-54)24-23-47(6)38(41(35)50)11-12-40-46(5)18-16-37(45(3,4)39(46)17-19-48(40,47)7)34-13-20-49(21-14-34,44(56)57)32-59-43-36(42(51)55)10-9-25-52-43/h9-10,13,16,25,35,38-41,53H,1,8,11-12,14-15,17-24,26-32H2,2-7H3,(H2,51,55)(H,56,57)/t35-,38+,39-,40+,41+,46-,47+,48+,49-,50-/m0/s1. The number of carboxylic acid groups (broad SMARTS) is 1. The number of aromatic nitrogens is 1. The Morgan fingerprint density at radius 2 is 1.73 bits per heavy atom. The Labute approximate surface area is 360 Å². The van der Waals surface area contributed by atoms with Gasteiger partial charge in [-0.2, -0.15) is 0 Å². The molecule has 4 N–H and O–H groups in total. The highest BCUT2D eigenvalue weighted by Gasteiger charge is 2.70. The highest BCUT2D eigenvalue weighted by atomic mass is 32.2. The number of aliphatic carboxylic acids is 1. The van der Waals surface area contributed by atoms with Crippen molar-refractivity contribution in [3.63, 3.8) is 0 Å². The maximum absolute atomic E-state index is 12.8. The summed E-state index contributed by atoms with van der Waals surface area (Å²) in [6.45, 7) is 23.7. The van der Waals surface area contributed by atoms with Crippen LogP contribution in [0.4, 0.5) is 0 Å². The average Bonchev–Trinajstić information content (AvgIpc) is 3.58. The number of hydrogen-bond donors (Lipinski definition) is 3. The number of allylic oxidation sites excluding steroid dienone is 5. The van der Waals surface area contributed by atoms with E-state index in [9.17, 15) is 18.9 Å². The van der Waals surface area contributed by atoms with E-state index in [0.29, 0.717) is 48.9 Å². The first-order chi connectivity index (χ1) is 28.2. The topological polar surface area (TPSA) is 135 Å². The van der Waals surface area contributed by atoms with Gasteiger partial charge in [0.05, 0.1) is 0 Å². The molecule has 8 rings (SSSR count). The van der Waals surface area contributed by atoms with Crippen molar-refractivity contribution in [2.24, 2.45) is 62.4 Å². The molecule has 0 aromatic carbocycles. The van der Waals surface area contributed by atoms with Crippen molar-refractivity contribution in [1.29, 1.82) is 0 Å². The van der Waals surface area contributed by atoms with Crippen LogP contribution in [0.15, 0.2) is 53.8 Å². The first kappa shape index (κ1) is 43.7. The van der Waals surface area contributed by atoms with Gasteiger partial charge in [0.1, 0.15) is 17.6 Å². The smallest absolute Gasteiger partial charge is 0.313 e. The molecule has 10 heteroatoms. The number of carbonyl (C=O) groups is 2. The molecular formula is C50H74N4O5S. The minimum Gasteiger partial charge on any atom is -0.481 e. The van der Waals surface area contributed by atoms with E-state index in [1.807, 2.05) is 0 Å². The van der Waals surface area contributed by atoms with Crippen LogP contribution < -0.4 is 15.8 Å². The fraction of sp³-hybridized carbons (Fsp3) is 0.720. The number of carbonyl (C=O) groups excluding carboxylic acids is 1. The molecule has 1 aliphatic heterocycles. The SMILES string of the molecule is C=C(C)[C@@H]1CC[C@]2(NCCN3CCS(=C)(=O)CC3)CC[C@]3(C)[C@H](CC[C@@H]4[C@@]5(C)CC=C(C6=CC[C@](COc7ncccc7C(N)=O)(C(=O)O)CC6)C(C)(C)[C@@H]5CC[C@]43C)[C@@H]12. The third-order valence-corrected chi connectivity index (χ3v) is 20.9. The number of nitrogens with two attached hydrogens (primary N) is 1. The van der Waals surface area contributed by atoms with Crippen LogP contribution in [0.25, 0.3) is 0 Å². The lowest BCUT2D eigenvalue weighted by molar-refractivity contribution is -0.221. The van der Waals surface area contributed by atoms with Crippen LogP contribution in [0.5, 0.6) is 5.88 Å². The van der Waals surface area contributed by atoms with E-state index >= 15 is 0 Å². The summed E-state index contributed by atoms with van der Waals surface area (Å²) in [6, 6.07) is 3.18. The number of amides is 1. The summed E-state index contributed by atoms with van der Waals surface area (Å²) < 4.78 is 18.5. The van der Waals surface area contributed by atoms with Crippen LogP contribution in [-0.4, -0.2) is 86.8 Å². The highest BCUT2D eigenvalue weighted by Crippen LogP contribution is 2.76. The second kappa shape index (κ2) is 15.4. The molecule has 60 heavy (non-hydrogen) atoms. The van der Waals surface area contributed by atoms with Crippen LogP contribution in [0, 0.1) is 56.7 Å². The van der Waals surface area contributed by atoms with Crippen molar-refractivity contribution in [3.05, 3.63) is 59.3 Å². The molecule has 1 saturated heterocycles. The Balaban J connectivity index is 1.01. The summed E-state index contributed by atoms with van der Waals surface area (Å²) in [7, 11) is -1.89. The van der Waals surface area contributed by atoms with Gasteiger partial charge in [-0.1, -0.05) is 58.9 Å². The van der Waals surface area contributed by atoms with Crippen LogP contribution in [0.3, 0.4) is 0 Å². The third-order valence-electron chi connectivity index (χ3n) is 19.0. The molecule has 4 saturated carbocycles. The van der Waals surface area contributed by atoms with Gasteiger partial charge in [0.15, 0.2) is 0 Å². The van der Waals surface area contributed by atoms with E-state index in [1.54, 1.807) is 12.1 Å². The maximum Gasteiger partial charge on any atom is 0.313 e. The third kappa shape index (κ3) is 6.96. The van der Waals surface area contributed by atoms with Gasteiger partial charge >= 0.3 is 5.97 Å². The molecule has 1 amide bonds. The number of ether oxygens (including phenoxy) is 1. The van der Waals surface area contributed by atoms with Gasteiger partial charge in [-0.15, -0.1) is 0 Å². The van der Waals surface area contributed by atoms with Crippen molar-refractivity contribution in [1.82, 2.24) is 15.2 Å². The van der Waals surface area contributed by atoms with E-state index in [2.05, 4.69) is 81.3 Å². The number of hydrogen-bond acceptors (Lipinski definition) is 7. The normalized spacial score (nSPS) is 40.7. The summed E-state index contributed by atoms with van der Waals surface area (Å²) in [6.07, 6.45) is 18.9. The quantitative estimate of drug-likeness (QED) is 0.150. The number of primary amides is 1. The lowest BCUT2D eigenvalue weighted by Gasteiger charge is -2.72. The zero-order valence-corrected chi connectivity index (χ0v) is 38.4. The Morgan fingerprint density at radius 1 is 0.983 bits per heavy atom. The lowest BCUT2D eigenvalue weighted by atomic mass is 9.33. The molecule has 7 aliphatic rings. The van der Waals surface area contributed by atoms with E-state index in [0.717, 1.165) is 44.1 Å². The zero-order valence-electron chi connectivity index (χ0n) is 37.6. The van der Waals surface area contributed by atoms with Crippen molar-refractivity contribution < 1.29 is 23.6 Å². The molecule has 2 heterocycles. The van der Waals surface area contributed by atoms with Gasteiger partial charge in [0, 0.05) is 49.4 Å². The van der Waals surface area contributed by atoms with Crippen molar-refractivity contribution in [2.45, 2.75) is 124 Å². The van der Waals surface area contributed by atoms with Crippen LogP contribution >= 0.6 is 0 Å². The van der Waals surface area contributed by atoms with Gasteiger partial charge in [0.25, 0.3) is 5.91 Å². The minimum absolute atomic E-state index is 0.0391. The summed E-state index contributed by atoms with van der Waals surface area (Å²) in [5.74, 6) is 7.03. The molecule has 0 unspecified atom stereocenters. The number of nitrogens with one attached hydrogen (secondary N) is 1. The molecule has 6 aliphatic carbocycles. The van der Waals surface area contributed by atoms with Crippen molar-refractivity contribution >= 4 is 27.3 Å². The van der Waals surface area contributed by atoms with Crippen LogP contribution in [0.2, 0.25) is 0 Å². The molecule has 5 fully saturated rings. The van der Waals surface area contributed by atoms with E-state index < -0.39 is 26.8 Å². The van der Waals surface area contributed by atoms with Gasteiger partial charge in [-0.3, -0.25) is 13.8 Å². The fourth-order valence-electron chi connectivity index (χ4n) is 15.5.